The average molecular weight is 387 g/mol. The van der Waals surface area contributed by atoms with Crippen molar-refractivity contribution in [1.82, 2.24) is 0 Å². The van der Waals surface area contributed by atoms with E-state index >= 15 is 0 Å². The van der Waals surface area contributed by atoms with Crippen LogP contribution in [0.1, 0.15) is 0 Å². The zero-order valence-electron chi connectivity index (χ0n) is 4.76. The van der Waals surface area contributed by atoms with E-state index in [0.29, 0.717) is 0 Å². The fourth-order valence-corrected chi connectivity index (χ4v) is 2.75. The Bertz CT molecular complexity index is 154. The van der Waals surface area contributed by atoms with Gasteiger partial charge in [0.15, 0.2) is 0 Å². The van der Waals surface area contributed by atoms with Crippen LogP contribution in [0.3, 0.4) is 0 Å². The predicted octanol–water partition coefficient (Wildman–Crippen LogP) is 2.20. The summed E-state index contributed by atoms with van der Waals surface area (Å²) in [6.45, 7) is 0. The summed E-state index contributed by atoms with van der Waals surface area (Å²) in [4.78, 5) is 0.858. The van der Waals surface area contributed by atoms with Crippen molar-refractivity contribution in [2.24, 2.45) is 0 Å². The van der Waals surface area contributed by atoms with Crippen LogP contribution in [0.2, 0.25) is 0 Å². The summed E-state index contributed by atoms with van der Waals surface area (Å²) in [5.74, 6) is 0. The van der Waals surface area contributed by atoms with Crippen LogP contribution < -0.4 is 0 Å². The predicted molar refractivity (Wildman–Crippen MR) is 50.9 cm³/mol. The van der Waals surface area contributed by atoms with E-state index in [1.807, 2.05) is 17.6 Å². The molecule has 0 aliphatic carbocycles. The topological polar surface area (TPSA) is 0 Å². The molecule has 1 aliphatic rings. The van der Waals surface area contributed by atoms with Crippen molar-refractivity contribution in [3.63, 3.8) is 0 Å². The molecule has 0 saturated heterocycles. The van der Waals surface area contributed by atoms with Crippen molar-refractivity contribution in [2.75, 3.05) is 0 Å². The monoisotopic (exact) mass is 387 g/mol. The van der Waals surface area contributed by atoms with Crippen LogP contribution in [0.25, 0.3) is 0 Å². The van der Waals surface area contributed by atoms with E-state index in [9.17, 15) is 0 Å². The molecular formula is C5H4PtS4. The SMILES string of the molecule is [Pt+2].[S-]C1=CC=CSSC1[S-]. The second-order valence-corrected chi connectivity index (χ2v) is 4.95. The first-order chi connectivity index (χ1) is 4.30. The molecule has 0 bridgehead atoms. The van der Waals surface area contributed by atoms with Gasteiger partial charge in [-0.3, -0.25) is 0 Å². The molecule has 0 aromatic heterocycles. The molecule has 0 spiro atoms. The molecule has 1 heterocycles. The first kappa shape index (κ1) is 11.4. The largest absolute Gasteiger partial charge is 2.00 e. The minimum absolute atomic E-state index is 0. The Balaban J connectivity index is 0.000000810. The summed E-state index contributed by atoms with van der Waals surface area (Å²) < 4.78 is 0.0694. The maximum absolute atomic E-state index is 5.03. The second kappa shape index (κ2) is 6.01. The molecule has 0 radical (unpaired) electrons. The van der Waals surface area contributed by atoms with Gasteiger partial charge in [0.05, 0.1) is 0 Å². The van der Waals surface area contributed by atoms with Crippen molar-refractivity contribution >= 4 is 46.8 Å². The van der Waals surface area contributed by atoms with Gasteiger partial charge in [0, 0.05) is 0 Å². The van der Waals surface area contributed by atoms with Gasteiger partial charge in [-0.2, -0.15) is 0 Å². The van der Waals surface area contributed by atoms with E-state index in [1.165, 1.54) is 0 Å². The van der Waals surface area contributed by atoms with Gasteiger partial charge in [0.25, 0.3) is 0 Å². The van der Waals surface area contributed by atoms with Gasteiger partial charge in [-0.15, -0.1) is 15.4 Å². The quantitative estimate of drug-likeness (QED) is 0.462. The van der Waals surface area contributed by atoms with Gasteiger partial charge in [-0.1, -0.05) is 22.9 Å². The first-order valence-electron chi connectivity index (χ1n) is 2.32. The average Bonchev–Trinajstić information content (AvgIpc) is 1.99. The third-order valence-electron chi connectivity index (χ3n) is 0.770. The molecule has 0 saturated carbocycles. The zero-order valence-corrected chi connectivity index (χ0v) is 10.3. The summed E-state index contributed by atoms with van der Waals surface area (Å²) in [7, 11) is 3.26. The maximum Gasteiger partial charge on any atom is 2.00 e. The van der Waals surface area contributed by atoms with E-state index in [-0.39, 0.29) is 25.6 Å². The molecule has 0 aromatic carbocycles. The number of rotatable bonds is 0. The van der Waals surface area contributed by atoms with Gasteiger partial charge >= 0.3 is 21.1 Å². The van der Waals surface area contributed by atoms with Gasteiger partial charge < -0.3 is 25.3 Å². The number of hydrogen-bond donors (Lipinski definition) is 0. The Morgan fingerprint density at radius 3 is 2.90 bits per heavy atom. The van der Waals surface area contributed by atoms with Crippen LogP contribution in [0.4, 0.5) is 0 Å². The van der Waals surface area contributed by atoms with Gasteiger partial charge in [0.1, 0.15) is 0 Å². The van der Waals surface area contributed by atoms with Crippen molar-refractivity contribution < 1.29 is 21.1 Å². The van der Waals surface area contributed by atoms with Crippen LogP contribution in [0.15, 0.2) is 22.5 Å². The van der Waals surface area contributed by atoms with Crippen LogP contribution in [-0.4, -0.2) is 4.58 Å². The molecular weight excluding hydrogens is 383 g/mol. The molecule has 1 unspecified atom stereocenters. The first-order valence-corrected chi connectivity index (χ1v) is 5.48. The van der Waals surface area contributed by atoms with E-state index in [1.54, 1.807) is 21.6 Å². The Labute approximate surface area is 94.2 Å². The molecule has 5 heteroatoms. The summed E-state index contributed by atoms with van der Waals surface area (Å²) in [5.41, 5.74) is 0. The maximum atomic E-state index is 5.03. The fraction of sp³-hybridized carbons (Fsp3) is 0.200. The summed E-state index contributed by atoms with van der Waals surface area (Å²) in [5, 5.41) is 1.99. The Hall–Kier alpha value is 1.44. The molecule has 0 fully saturated rings. The van der Waals surface area contributed by atoms with E-state index in [4.69, 9.17) is 25.3 Å². The smallest absolute Gasteiger partial charge is 0.785 e. The second-order valence-electron chi connectivity index (χ2n) is 1.42. The van der Waals surface area contributed by atoms with E-state index in [2.05, 4.69) is 0 Å². The van der Waals surface area contributed by atoms with Crippen LogP contribution in [0.5, 0.6) is 0 Å². The van der Waals surface area contributed by atoms with Crippen molar-refractivity contribution in [2.45, 2.75) is 4.58 Å². The summed E-state index contributed by atoms with van der Waals surface area (Å²) >= 11 is 10.00. The zero-order chi connectivity index (χ0) is 6.69. The normalized spacial score (nSPS) is 24.5. The molecule has 1 atom stereocenters. The number of allylic oxidation sites excluding steroid dienone is 2. The Morgan fingerprint density at radius 2 is 2.20 bits per heavy atom. The minimum Gasteiger partial charge on any atom is -0.785 e. The van der Waals surface area contributed by atoms with Gasteiger partial charge in [-0.25, -0.2) is 4.91 Å². The van der Waals surface area contributed by atoms with E-state index in [0.717, 1.165) is 4.91 Å². The van der Waals surface area contributed by atoms with Crippen molar-refractivity contribution in [3.05, 3.63) is 22.5 Å². The summed E-state index contributed by atoms with van der Waals surface area (Å²) in [6, 6.07) is 0. The Kier molecular flexibility index (Phi) is 6.87. The molecule has 1 aliphatic heterocycles. The van der Waals surface area contributed by atoms with E-state index < -0.39 is 0 Å². The molecule has 0 amide bonds. The molecule has 0 aromatic rings. The van der Waals surface area contributed by atoms with Crippen molar-refractivity contribution in [3.8, 4) is 0 Å². The number of hydrogen-bond acceptors (Lipinski definition) is 4. The van der Waals surface area contributed by atoms with Gasteiger partial charge in [0.2, 0.25) is 0 Å². The van der Waals surface area contributed by atoms with Crippen LogP contribution in [0, 0.1) is 0 Å². The van der Waals surface area contributed by atoms with Crippen molar-refractivity contribution in [1.29, 1.82) is 0 Å². The van der Waals surface area contributed by atoms with Gasteiger partial charge in [-0.05, 0) is 5.41 Å². The Morgan fingerprint density at radius 1 is 1.50 bits per heavy atom. The van der Waals surface area contributed by atoms with Crippen LogP contribution >= 0.6 is 21.6 Å². The molecule has 10 heavy (non-hydrogen) atoms. The van der Waals surface area contributed by atoms with Crippen LogP contribution in [-0.2, 0) is 46.3 Å². The minimum atomic E-state index is 0. The fourth-order valence-electron chi connectivity index (χ4n) is 0.375. The molecule has 1 rings (SSSR count). The molecule has 58 valence electrons. The molecule has 0 nitrogen and oxygen atoms in total. The molecule has 0 N–H and O–H groups in total. The standard InChI is InChI=1S/C5H6S4.Pt/c6-4-2-1-3-8-9-5(4)7;/h1-3,5-7H;/q;+2/p-2. The third kappa shape index (κ3) is 3.72. The summed E-state index contributed by atoms with van der Waals surface area (Å²) in [6.07, 6.45) is 3.83. The third-order valence-corrected chi connectivity index (χ3v) is 4.40.